The highest BCUT2D eigenvalue weighted by Gasteiger charge is 2.00. The molecule has 0 heterocycles. The van der Waals surface area contributed by atoms with Crippen LogP contribution in [-0.4, -0.2) is 120 Å². The molecule has 1 aromatic rings. The number of hydrogen-bond donors (Lipinski definition) is 0. The summed E-state index contributed by atoms with van der Waals surface area (Å²) in [6.45, 7) is 7.57. The summed E-state index contributed by atoms with van der Waals surface area (Å²) in [5, 5.41) is 0. The Kier molecular flexibility index (Phi) is 22.0. The molecule has 0 aliphatic carbocycles. The highest BCUT2D eigenvalue weighted by Crippen LogP contribution is 2.00. The summed E-state index contributed by atoms with van der Waals surface area (Å²) in [5.41, 5.74) is 1.15. The molecule has 0 saturated carbocycles. The first-order valence-corrected chi connectivity index (χ1v) is 13.9. The molecule has 0 fully saturated rings. The van der Waals surface area contributed by atoms with Crippen molar-refractivity contribution < 1.29 is 50.5 Å². The first-order valence-electron chi connectivity index (χ1n) is 12.1. The second kappa shape index (κ2) is 24.2. The van der Waals surface area contributed by atoms with Gasteiger partial charge in [-0.15, -0.1) is 0 Å². The quantitative estimate of drug-likeness (QED) is 0.119. The molecule has 0 aliphatic rings. The van der Waals surface area contributed by atoms with Crippen molar-refractivity contribution in [1.29, 1.82) is 0 Å². The van der Waals surface area contributed by atoms with Crippen molar-refractivity contribution in [2.45, 2.75) is 6.61 Å². The summed E-state index contributed by atoms with van der Waals surface area (Å²) in [6, 6.07) is 10.0. The van der Waals surface area contributed by atoms with Crippen molar-refractivity contribution >= 4 is 10.1 Å². The fourth-order valence-electron chi connectivity index (χ4n) is 2.55. The van der Waals surface area contributed by atoms with Crippen molar-refractivity contribution in [3.63, 3.8) is 0 Å². The summed E-state index contributed by atoms with van der Waals surface area (Å²) in [4.78, 5) is 0. The van der Waals surface area contributed by atoms with E-state index in [0.717, 1.165) is 11.8 Å². The predicted octanol–water partition coefficient (Wildman–Crippen LogP) is 1.30. The summed E-state index contributed by atoms with van der Waals surface area (Å²) >= 11 is 0. The molecule has 11 nitrogen and oxygen atoms in total. The van der Waals surface area contributed by atoms with Gasteiger partial charge in [0.25, 0.3) is 10.1 Å². The third kappa shape index (κ3) is 24.5. The van der Waals surface area contributed by atoms with E-state index in [-0.39, 0.29) is 13.2 Å². The Labute approximate surface area is 215 Å². The van der Waals surface area contributed by atoms with Crippen LogP contribution in [0.15, 0.2) is 30.3 Å². The van der Waals surface area contributed by atoms with Crippen LogP contribution in [0, 0.1) is 0 Å². The van der Waals surface area contributed by atoms with Gasteiger partial charge in [0.2, 0.25) is 0 Å². The second-order valence-electron chi connectivity index (χ2n) is 7.35. The molecule has 0 aromatic heterocycles. The first kappa shape index (κ1) is 32.8. The maximum atomic E-state index is 10.7. The largest absolute Gasteiger partial charge is 0.377 e. The maximum absolute atomic E-state index is 10.7. The van der Waals surface area contributed by atoms with Crippen molar-refractivity contribution in [2.24, 2.45) is 0 Å². The Morgan fingerprint density at radius 2 is 0.778 bits per heavy atom. The van der Waals surface area contributed by atoms with E-state index >= 15 is 0 Å². The second-order valence-corrected chi connectivity index (χ2v) is 8.99. The van der Waals surface area contributed by atoms with Crippen molar-refractivity contribution in [2.75, 3.05) is 112 Å². The predicted molar refractivity (Wildman–Crippen MR) is 133 cm³/mol. The fraction of sp³-hybridized carbons (Fsp3) is 0.750. The van der Waals surface area contributed by atoms with Gasteiger partial charge in [-0.25, -0.2) is 0 Å². The van der Waals surface area contributed by atoms with E-state index in [4.69, 9.17) is 37.9 Å². The molecule has 0 N–H and O–H groups in total. The summed E-state index contributed by atoms with van der Waals surface area (Å²) in [6.07, 6.45) is 0.998. The molecular formula is C24H42O11S. The van der Waals surface area contributed by atoms with E-state index in [2.05, 4.69) is 4.18 Å². The highest BCUT2D eigenvalue weighted by atomic mass is 32.2. The van der Waals surface area contributed by atoms with Crippen LogP contribution in [0.1, 0.15) is 5.56 Å². The lowest BCUT2D eigenvalue weighted by Gasteiger charge is -2.08. The molecular weight excluding hydrogens is 496 g/mol. The lowest BCUT2D eigenvalue weighted by atomic mass is 10.2. The monoisotopic (exact) mass is 538 g/mol. The van der Waals surface area contributed by atoms with E-state index in [9.17, 15) is 8.42 Å². The molecule has 36 heavy (non-hydrogen) atoms. The van der Waals surface area contributed by atoms with Gasteiger partial charge in [0.15, 0.2) is 0 Å². The molecule has 0 unspecified atom stereocenters. The van der Waals surface area contributed by atoms with Crippen molar-refractivity contribution in [3.8, 4) is 0 Å². The third-order valence-electron chi connectivity index (χ3n) is 4.24. The minimum atomic E-state index is -3.41. The van der Waals surface area contributed by atoms with Crippen LogP contribution >= 0.6 is 0 Å². The molecule has 0 atom stereocenters. The summed E-state index contributed by atoms with van der Waals surface area (Å²) in [5.74, 6) is 0. The average molecular weight is 539 g/mol. The van der Waals surface area contributed by atoms with E-state index in [1.54, 1.807) is 0 Å². The first-order chi connectivity index (χ1) is 17.6. The molecule has 12 heteroatoms. The summed E-state index contributed by atoms with van der Waals surface area (Å²) < 4.78 is 69.2. The Hall–Kier alpha value is -1.19. The number of rotatable bonds is 27. The summed E-state index contributed by atoms with van der Waals surface area (Å²) in [7, 11) is -3.41. The van der Waals surface area contributed by atoms with Crippen LogP contribution in [0.5, 0.6) is 0 Å². The van der Waals surface area contributed by atoms with E-state index in [1.807, 2.05) is 30.3 Å². The average Bonchev–Trinajstić information content (AvgIpc) is 2.86. The number of benzene rings is 1. The van der Waals surface area contributed by atoms with Crippen LogP contribution in [0.3, 0.4) is 0 Å². The van der Waals surface area contributed by atoms with Gasteiger partial charge in [-0.2, -0.15) is 8.42 Å². The molecule has 0 saturated heterocycles. The normalized spacial score (nSPS) is 11.8. The minimum Gasteiger partial charge on any atom is -0.377 e. The Bertz CT molecular complexity index is 689. The lowest BCUT2D eigenvalue weighted by molar-refractivity contribution is -0.0240. The molecule has 0 spiro atoms. The van der Waals surface area contributed by atoms with Crippen molar-refractivity contribution in [1.82, 2.24) is 0 Å². The Morgan fingerprint density at radius 1 is 0.472 bits per heavy atom. The van der Waals surface area contributed by atoms with Gasteiger partial charge in [0.1, 0.15) is 0 Å². The number of hydrogen-bond acceptors (Lipinski definition) is 11. The fourth-order valence-corrected chi connectivity index (χ4v) is 2.92. The van der Waals surface area contributed by atoms with E-state index in [1.165, 1.54) is 0 Å². The molecule has 0 bridgehead atoms. The number of ether oxygens (including phenoxy) is 8. The zero-order valence-corrected chi connectivity index (χ0v) is 22.1. The maximum Gasteiger partial charge on any atom is 0.264 e. The van der Waals surface area contributed by atoms with Gasteiger partial charge in [0.05, 0.1) is 119 Å². The van der Waals surface area contributed by atoms with E-state index in [0.29, 0.717) is 99.1 Å². The van der Waals surface area contributed by atoms with Gasteiger partial charge in [-0.05, 0) is 5.56 Å². The molecule has 0 radical (unpaired) electrons. The molecule has 1 aromatic carbocycles. The molecule has 210 valence electrons. The standard InChI is InChI=1S/C24H42O11S/c1-36(25,26)35-22-21-33-18-17-31-14-13-29-10-9-27-7-8-28-11-12-30-15-16-32-19-20-34-23-24-5-3-2-4-6-24/h2-6H,7-23H2,1H3. The lowest BCUT2D eigenvalue weighted by Crippen LogP contribution is -2.15. The van der Waals surface area contributed by atoms with Crippen LogP contribution in [-0.2, 0) is 58.8 Å². The van der Waals surface area contributed by atoms with E-state index < -0.39 is 10.1 Å². The molecule has 1 rings (SSSR count). The smallest absolute Gasteiger partial charge is 0.264 e. The van der Waals surface area contributed by atoms with Crippen molar-refractivity contribution in [3.05, 3.63) is 35.9 Å². The minimum absolute atomic E-state index is 0.00315. The Balaban J connectivity index is 1.65. The van der Waals surface area contributed by atoms with Gasteiger partial charge >= 0.3 is 0 Å². The van der Waals surface area contributed by atoms with Gasteiger partial charge in [-0.1, -0.05) is 30.3 Å². The molecule has 0 aliphatic heterocycles. The van der Waals surface area contributed by atoms with Crippen LogP contribution < -0.4 is 0 Å². The highest BCUT2D eigenvalue weighted by molar-refractivity contribution is 7.85. The van der Waals surface area contributed by atoms with Gasteiger partial charge < -0.3 is 37.9 Å². The Morgan fingerprint density at radius 3 is 1.11 bits per heavy atom. The van der Waals surface area contributed by atoms with Crippen LogP contribution in [0.25, 0.3) is 0 Å². The molecule has 0 amide bonds. The van der Waals surface area contributed by atoms with Crippen LogP contribution in [0.2, 0.25) is 0 Å². The zero-order valence-electron chi connectivity index (χ0n) is 21.3. The van der Waals surface area contributed by atoms with Gasteiger partial charge in [-0.3, -0.25) is 4.18 Å². The third-order valence-corrected chi connectivity index (χ3v) is 4.84. The van der Waals surface area contributed by atoms with Gasteiger partial charge in [0, 0.05) is 0 Å². The SMILES string of the molecule is CS(=O)(=O)OCCOCCOCCOCCOCCOCCOCCOCCOCc1ccccc1. The zero-order chi connectivity index (χ0) is 26.0. The topological polar surface area (TPSA) is 117 Å². The van der Waals surface area contributed by atoms with Crippen LogP contribution in [0.4, 0.5) is 0 Å².